The molecule has 2 aliphatic rings. The van der Waals surface area contributed by atoms with E-state index in [2.05, 4.69) is 5.32 Å². The van der Waals surface area contributed by atoms with Gasteiger partial charge in [0.05, 0.1) is 23.4 Å². The molecule has 31 heavy (non-hydrogen) atoms. The summed E-state index contributed by atoms with van der Waals surface area (Å²) in [7, 11) is 1.54. The Balaban J connectivity index is 1.62. The van der Waals surface area contributed by atoms with Gasteiger partial charge in [0.2, 0.25) is 11.6 Å². The molecule has 0 saturated carbocycles. The van der Waals surface area contributed by atoms with E-state index in [0.717, 1.165) is 6.42 Å². The number of rotatable bonds is 5. The van der Waals surface area contributed by atoms with Crippen LogP contribution in [0.15, 0.2) is 48.5 Å². The summed E-state index contributed by atoms with van der Waals surface area (Å²) in [4.78, 5) is 53.9. The summed E-state index contributed by atoms with van der Waals surface area (Å²) >= 11 is 0. The van der Waals surface area contributed by atoms with Crippen LogP contribution < -0.4 is 10.2 Å². The largest absolute Gasteiger partial charge is 0.462 e. The Hall–Kier alpha value is -3.68. The average Bonchev–Trinajstić information content (AvgIpc) is 3.15. The third-order valence-electron chi connectivity index (χ3n) is 5.72. The van der Waals surface area contributed by atoms with E-state index < -0.39 is 17.5 Å². The van der Waals surface area contributed by atoms with Gasteiger partial charge in [-0.15, -0.1) is 0 Å². The molecule has 8 heteroatoms. The van der Waals surface area contributed by atoms with Gasteiger partial charge in [-0.25, -0.2) is 4.79 Å². The molecule has 2 aliphatic heterocycles. The fourth-order valence-corrected chi connectivity index (χ4v) is 4.13. The van der Waals surface area contributed by atoms with Crippen LogP contribution >= 0.6 is 0 Å². The van der Waals surface area contributed by atoms with E-state index in [1.165, 1.54) is 16.8 Å². The van der Waals surface area contributed by atoms with Crippen molar-refractivity contribution < 1.29 is 23.9 Å². The predicted molar refractivity (Wildman–Crippen MR) is 114 cm³/mol. The minimum Gasteiger partial charge on any atom is -0.462 e. The Kier molecular flexibility index (Phi) is 5.22. The molecule has 0 spiro atoms. The Morgan fingerprint density at radius 2 is 1.81 bits per heavy atom. The van der Waals surface area contributed by atoms with E-state index in [9.17, 15) is 19.2 Å². The Morgan fingerprint density at radius 1 is 1.10 bits per heavy atom. The summed E-state index contributed by atoms with van der Waals surface area (Å²) in [6, 6.07) is 13.1. The third-order valence-corrected chi connectivity index (χ3v) is 5.72. The van der Waals surface area contributed by atoms with Gasteiger partial charge < -0.3 is 15.0 Å². The molecular weight excluding hydrogens is 398 g/mol. The molecular formula is C23H23N3O5. The SMILES string of the molecule is CCCOC(=O)c1ccc(NC(=O)C23CCC(=O)N2c2ccccc2C(=O)N3C)cc1. The molecule has 2 heterocycles. The first-order chi connectivity index (χ1) is 14.9. The number of amides is 3. The summed E-state index contributed by atoms with van der Waals surface area (Å²) in [6.45, 7) is 2.25. The van der Waals surface area contributed by atoms with E-state index >= 15 is 0 Å². The number of ether oxygens (including phenoxy) is 1. The van der Waals surface area contributed by atoms with Gasteiger partial charge in [-0.2, -0.15) is 0 Å². The molecule has 0 bridgehead atoms. The number of para-hydroxylation sites is 1. The van der Waals surface area contributed by atoms with Crippen molar-refractivity contribution in [3.63, 3.8) is 0 Å². The van der Waals surface area contributed by atoms with E-state index in [-0.39, 0.29) is 24.7 Å². The zero-order chi connectivity index (χ0) is 22.2. The summed E-state index contributed by atoms with van der Waals surface area (Å²) in [6.07, 6.45) is 1.07. The van der Waals surface area contributed by atoms with Crippen molar-refractivity contribution in [1.82, 2.24) is 4.90 Å². The number of hydrogen-bond donors (Lipinski definition) is 1. The lowest BCUT2D eigenvalue weighted by molar-refractivity contribution is -0.128. The van der Waals surface area contributed by atoms with E-state index in [4.69, 9.17) is 4.74 Å². The molecule has 3 amide bonds. The first-order valence-electron chi connectivity index (χ1n) is 10.2. The minimum atomic E-state index is -1.44. The van der Waals surface area contributed by atoms with Crippen LogP contribution in [0.3, 0.4) is 0 Å². The standard InChI is InChI=1S/C23H23N3O5/c1-3-14-31-21(29)15-8-10-16(11-9-15)24-22(30)23-13-12-19(27)26(23)18-7-5-4-6-17(18)20(28)25(23)2/h4-11H,3,12-14H2,1-2H3,(H,24,30). The number of anilines is 2. The van der Waals surface area contributed by atoms with Gasteiger partial charge in [-0.1, -0.05) is 19.1 Å². The van der Waals surface area contributed by atoms with Gasteiger partial charge in [-0.3, -0.25) is 19.3 Å². The van der Waals surface area contributed by atoms with Gasteiger partial charge in [0, 0.05) is 25.6 Å². The summed E-state index contributed by atoms with van der Waals surface area (Å²) in [5, 5.41) is 2.81. The van der Waals surface area contributed by atoms with Gasteiger partial charge >= 0.3 is 5.97 Å². The van der Waals surface area contributed by atoms with Gasteiger partial charge in [-0.05, 0) is 42.8 Å². The predicted octanol–water partition coefficient (Wildman–Crippen LogP) is 2.80. The molecule has 4 rings (SSSR count). The molecule has 160 valence electrons. The highest BCUT2D eigenvalue weighted by atomic mass is 16.5. The number of esters is 1. The van der Waals surface area contributed by atoms with Crippen molar-refractivity contribution >= 4 is 35.1 Å². The van der Waals surface area contributed by atoms with Crippen molar-refractivity contribution in [2.45, 2.75) is 31.8 Å². The average molecular weight is 421 g/mol. The summed E-state index contributed by atoms with van der Waals surface area (Å²) in [5.41, 5.74) is 0.212. The number of carbonyl (C=O) groups is 4. The number of carbonyl (C=O) groups excluding carboxylic acids is 4. The van der Waals surface area contributed by atoms with Crippen LogP contribution in [0.25, 0.3) is 0 Å². The highest BCUT2D eigenvalue weighted by Gasteiger charge is 2.59. The van der Waals surface area contributed by atoms with Crippen molar-refractivity contribution in [3.05, 3.63) is 59.7 Å². The van der Waals surface area contributed by atoms with Crippen molar-refractivity contribution in [2.75, 3.05) is 23.9 Å². The molecule has 8 nitrogen and oxygen atoms in total. The van der Waals surface area contributed by atoms with Crippen molar-refractivity contribution in [2.24, 2.45) is 0 Å². The Morgan fingerprint density at radius 3 is 2.52 bits per heavy atom. The van der Waals surface area contributed by atoms with E-state index in [1.54, 1.807) is 48.5 Å². The molecule has 1 unspecified atom stereocenters. The van der Waals surface area contributed by atoms with Gasteiger partial charge in [0.1, 0.15) is 0 Å². The normalized spacial score (nSPS) is 19.7. The maximum Gasteiger partial charge on any atom is 0.338 e. The lowest BCUT2D eigenvalue weighted by Crippen LogP contribution is -2.68. The molecule has 1 N–H and O–H groups in total. The van der Waals surface area contributed by atoms with Crippen molar-refractivity contribution in [1.29, 1.82) is 0 Å². The molecule has 2 aromatic carbocycles. The van der Waals surface area contributed by atoms with Crippen LogP contribution in [0.5, 0.6) is 0 Å². The number of likely N-dealkylation sites (N-methyl/N-ethyl adjacent to an activating group) is 1. The topological polar surface area (TPSA) is 96.0 Å². The first kappa shape index (κ1) is 20.6. The lowest BCUT2D eigenvalue weighted by Gasteiger charge is -2.47. The number of hydrogen-bond acceptors (Lipinski definition) is 5. The van der Waals surface area contributed by atoms with Crippen LogP contribution in [-0.2, 0) is 14.3 Å². The fraction of sp³-hybridized carbons (Fsp3) is 0.304. The minimum absolute atomic E-state index is 0.154. The number of nitrogens with one attached hydrogen (secondary N) is 1. The van der Waals surface area contributed by atoms with E-state index in [0.29, 0.717) is 29.1 Å². The monoisotopic (exact) mass is 421 g/mol. The molecule has 1 saturated heterocycles. The molecule has 0 aromatic heterocycles. The van der Waals surface area contributed by atoms with Gasteiger partial charge in [0.15, 0.2) is 0 Å². The van der Waals surface area contributed by atoms with E-state index in [1.807, 2.05) is 6.92 Å². The quantitative estimate of drug-likeness (QED) is 0.749. The Bertz CT molecular complexity index is 1070. The van der Waals surface area contributed by atoms with Crippen LogP contribution in [0.1, 0.15) is 46.9 Å². The molecule has 0 aliphatic carbocycles. The number of nitrogens with zero attached hydrogens (tertiary/aromatic N) is 2. The zero-order valence-corrected chi connectivity index (χ0v) is 17.4. The number of fused-ring (bicyclic) bond motifs is 3. The third kappa shape index (κ3) is 3.24. The smallest absolute Gasteiger partial charge is 0.338 e. The van der Waals surface area contributed by atoms with Crippen LogP contribution in [0, 0.1) is 0 Å². The second-order valence-electron chi connectivity index (χ2n) is 7.59. The summed E-state index contributed by atoms with van der Waals surface area (Å²) in [5.74, 6) is -1.44. The lowest BCUT2D eigenvalue weighted by atomic mass is 9.96. The second kappa shape index (κ2) is 7.86. The first-order valence-corrected chi connectivity index (χ1v) is 10.2. The maximum atomic E-state index is 13.5. The van der Waals surface area contributed by atoms with Gasteiger partial charge in [0.25, 0.3) is 11.8 Å². The number of benzene rings is 2. The highest BCUT2D eigenvalue weighted by molar-refractivity contribution is 6.18. The fourth-order valence-electron chi connectivity index (χ4n) is 4.13. The highest BCUT2D eigenvalue weighted by Crippen LogP contribution is 2.44. The summed E-state index contributed by atoms with van der Waals surface area (Å²) < 4.78 is 5.11. The Labute approximate surface area is 179 Å². The van der Waals surface area contributed by atoms with Crippen molar-refractivity contribution in [3.8, 4) is 0 Å². The zero-order valence-electron chi connectivity index (χ0n) is 17.4. The molecule has 1 fully saturated rings. The second-order valence-corrected chi connectivity index (χ2v) is 7.59. The molecule has 0 radical (unpaired) electrons. The maximum absolute atomic E-state index is 13.5. The molecule has 1 atom stereocenters. The van der Waals surface area contributed by atoms with Crippen LogP contribution in [0.4, 0.5) is 11.4 Å². The van der Waals surface area contributed by atoms with Crippen LogP contribution in [-0.4, -0.2) is 47.9 Å². The van der Waals surface area contributed by atoms with Crippen LogP contribution in [0.2, 0.25) is 0 Å². The molecule has 2 aromatic rings.